The first-order valence-electron chi connectivity index (χ1n) is 15.8. The molecule has 6 nitrogen and oxygen atoms in total. The second kappa shape index (κ2) is 16.1. The Morgan fingerprint density at radius 1 is 0.521 bits per heavy atom. The van der Waals surface area contributed by atoms with Crippen molar-refractivity contribution < 1.29 is 19.1 Å². The van der Waals surface area contributed by atoms with E-state index >= 15 is 0 Å². The third-order valence-corrected chi connectivity index (χ3v) is 7.75. The number of hydrogen-bond donors (Lipinski definition) is 0. The minimum Gasteiger partial charge on any atom is -0.489 e. The van der Waals surface area contributed by atoms with Crippen molar-refractivity contribution >= 4 is 35.1 Å². The molecule has 5 rings (SSSR count). The smallest absolute Gasteiger partial charge is 0.185 e. The average molecular weight is 637 g/mol. The minimum absolute atomic E-state index is 0.0639. The van der Waals surface area contributed by atoms with E-state index in [9.17, 15) is 9.59 Å². The fraction of sp³-hybridized carbons (Fsp3) is 0.143. The van der Waals surface area contributed by atoms with Crippen LogP contribution in [0.2, 0.25) is 0 Å². The summed E-state index contributed by atoms with van der Waals surface area (Å²) in [6, 6.07) is 38.4. The second-order valence-electron chi connectivity index (χ2n) is 11.8. The molecular weight excluding hydrogens is 596 g/mol. The maximum absolute atomic E-state index is 12.7. The van der Waals surface area contributed by atoms with Gasteiger partial charge in [0, 0.05) is 50.7 Å². The lowest BCUT2D eigenvalue weighted by atomic mass is 10.1. The quantitative estimate of drug-likeness (QED) is 0.0897. The average Bonchev–Trinajstić information content (AvgIpc) is 3.12. The van der Waals surface area contributed by atoms with Gasteiger partial charge in [-0.15, -0.1) is 0 Å². The SMILES string of the molecule is CN(C)c1ccc(/C=C/C(=O)c2ccc(OCc3cccc(COc4ccc(C(=O)/C=C/c5ccc(N(C)C)cc5)cc4)c3)cc2)cc1. The van der Waals surface area contributed by atoms with E-state index in [0.717, 1.165) is 33.6 Å². The van der Waals surface area contributed by atoms with Crippen molar-refractivity contribution in [2.24, 2.45) is 0 Å². The lowest BCUT2D eigenvalue weighted by Gasteiger charge is -2.11. The highest BCUT2D eigenvalue weighted by Gasteiger charge is 2.06. The van der Waals surface area contributed by atoms with E-state index in [1.807, 2.05) is 147 Å². The molecule has 0 saturated heterocycles. The lowest BCUT2D eigenvalue weighted by molar-refractivity contribution is 0.103. The van der Waals surface area contributed by atoms with Gasteiger partial charge in [-0.3, -0.25) is 9.59 Å². The molecule has 0 aliphatic carbocycles. The summed E-state index contributed by atoms with van der Waals surface area (Å²) in [5.74, 6) is 1.24. The van der Waals surface area contributed by atoms with Crippen LogP contribution < -0.4 is 19.3 Å². The van der Waals surface area contributed by atoms with Crippen LogP contribution in [0.25, 0.3) is 12.2 Å². The van der Waals surface area contributed by atoms with Gasteiger partial charge in [-0.1, -0.05) is 54.6 Å². The largest absolute Gasteiger partial charge is 0.489 e. The second-order valence-corrected chi connectivity index (χ2v) is 11.8. The van der Waals surface area contributed by atoms with Crippen LogP contribution in [-0.4, -0.2) is 39.8 Å². The van der Waals surface area contributed by atoms with Crippen molar-refractivity contribution in [1.82, 2.24) is 0 Å². The molecule has 0 bridgehead atoms. The monoisotopic (exact) mass is 636 g/mol. The summed E-state index contributed by atoms with van der Waals surface area (Å²) in [5, 5.41) is 0. The fourth-order valence-electron chi connectivity index (χ4n) is 4.88. The van der Waals surface area contributed by atoms with E-state index in [0.29, 0.717) is 35.8 Å². The molecule has 0 aliphatic rings. The number of ether oxygens (including phenoxy) is 2. The van der Waals surface area contributed by atoms with Crippen molar-refractivity contribution in [1.29, 1.82) is 0 Å². The molecule has 242 valence electrons. The third-order valence-electron chi connectivity index (χ3n) is 7.75. The van der Waals surface area contributed by atoms with Gasteiger partial charge in [-0.05, 0) is 113 Å². The highest BCUT2D eigenvalue weighted by molar-refractivity contribution is 6.07. The van der Waals surface area contributed by atoms with Crippen molar-refractivity contribution in [2.75, 3.05) is 38.0 Å². The van der Waals surface area contributed by atoms with Gasteiger partial charge in [-0.25, -0.2) is 0 Å². The normalized spacial score (nSPS) is 11.1. The molecule has 6 heteroatoms. The highest BCUT2D eigenvalue weighted by atomic mass is 16.5. The Bertz CT molecular complexity index is 1730. The Kier molecular flexibility index (Phi) is 11.2. The maximum Gasteiger partial charge on any atom is 0.185 e. The molecule has 0 spiro atoms. The van der Waals surface area contributed by atoms with Gasteiger partial charge < -0.3 is 19.3 Å². The predicted molar refractivity (Wildman–Crippen MR) is 196 cm³/mol. The highest BCUT2D eigenvalue weighted by Crippen LogP contribution is 2.20. The zero-order chi connectivity index (χ0) is 33.9. The Morgan fingerprint density at radius 3 is 1.25 bits per heavy atom. The Labute approximate surface area is 283 Å². The number of hydrogen-bond acceptors (Lipinski definition) is 6. The van der Waals surface area contributed by atoms with Crippen LogP contribution in [0.15, 0.2) is 133 Å². The van der Waals surface area contributed by atoms with E-state index in [2.05, 4.69) is 0 Å². The first-order valence-corrected chi connectivity index (χ1v) is 15.8. The first kappa shape index (κ1) is 33.5. The van der Waals surface area contributed by atoms with Gasteiger partial charge >= 0.3 is 0 Å². The van der Waals surface area contributed by atoms with Crippen LogP contribution in [0, 0.1) is 0 Å². The zero-order valence-corrected chi connectivity index (χ0v) is 27.8. The number of anilines is 2. The standard InChI is InChI=1S/C42H40N2O4/c1-43(2)37-18-8-31(9-19-37)12-26-41(45)35-14-22-39(23-15-35)47-29-33-6-5-7-34(28-33)30-48-40-24-16-36(17-25-40)42(46)27-13-32-10-20-38(21-11-32)44(3)4/h5-28H,29-30H2,1-4H3/b26-12+,27-13+. The van der Waals surface area contributed by atoms with Crippen molar-refractivity contribution in [3.8, 4) is 11.5 Å². The van der Waals surface area contributed by atoms with E-state index in [4.69, 9.17) is 9.47 Å². The Morgan fingerprint density at radius 2 is 0.896 bits per heavy atom. The number of ketones is 2. The van der Waals surface area contributed by atoms with Crippen molar-refractivity contribution in [3.05, 3.63) is 167 Å². The summed E-state index contributed by atoms with van der Waals surface area (Å²) in [6.45, 7) is 0.766. The molecule has 0 atom stereocenters. The molecule has 0 amide bonds. The van der Waals surface area contributed by atoms with Crippen LogP contribution in [0.5, 0.6) is 11.5 Å². The molecule has 48 heavy (non-hydrogen) atoms. The Hall–Kier alpha value is -5.88. The van der Waals surface area contributed by atoms with Crippen LogP contribution in [0.4, 0.5) is 11.4 Å². The summed E-state index contributed by atoms with van der Waals surface area (Å²) in [4.78, 5) is 29.4. The summed E-state index contributed by atoms with van der Waals surface area (Å²) >= 11 is 0. The summed E-state index contributed by atoms with van der Waals surface area (Å²) in [5.41, 5.74) is 7.36. The van der Waals surface area contributed by atoms with Crippen molar-refractivity contribution in [2.45, 2.75) is 13.2 Å². The first-order chi connectivity index (χ1) is 23.2. The molecule has 0 heterocycles. The molecule has 0 unspecified atom stereocenters. The van der Waals surface area contributed by atoms with E-state index in [1.165, 1.54) is 0 Å². The molecule has 5 aromatic carbocycles. The fourth-order valence-corrected chi connectivity index (χ4v) is 4.88. The predicted octanol–water partition coefficient (Wildman–Crippen LogP) is 8.77. The van der Waals surface area contributed by atoms with Gasteiger partial charge in [0.2, 0.25) is 0 Å². The molecule has 5 aromatic rings. The summed E-state index contributed by atoms with van der Waals surface area (Å²) in [6.07, 6.45) is 6.83. The maximum atomic E-state index is 12.7. The van der Waals surface area contributed by atoms with Gasteiger partial charge in [0.15, 0.2) is 11.6 Å². The van der Waals surface area contributed by atoms with E-state index in [-0.39, 0.29) is 11.6 Å². The third kappa shape index (κ3) is 9.56. The molecular formula is C42H40N2O4. The molecule has 0 aliphatic heterocycles. The molecule has 0 N–H and O–H groups in total. The number of rotatable bonds is 14. The van der Waals surface area contributed by atoms with Crippen LogP contribution in [0.1, 0.15) is 43.0 Å². The number of carbonyl (C=O) groups is 2. The molecule has 0 fully saturated rings. The molecule has 0 saturated carbocycles. The zero-order valence-electron chi connectivity index (χ0n) is 27.8. The number of nitrogens with zero attached hydrogens (tertiary/aromatic N) is 2. The topological polar surface area (TPSA) is 59.1 Å². The van der Waals surface area contributed by atoms with Crippen molar-refractivity contribution in [3.63, 3.8) is 0 Å². The number of allylic oxidation sites excluding steroid dienone is 2. The lowest BCUT2D eigenvalue weighted by Crippen LogP contribution is -2.07. The van der Waals surface area contributed by atoms with E-state index < -0.39 is 0 Å². The molecule has 0 aromatic heterocycles. The van der Waals surface area contributed by atoms with Gasteiger partial charge in [0.05, 0.1) is 0 Å². The van der Waals surface area contributed by atoms with Gasteiger partial charge in [-0.2, -0.15) is 0 Å². The number of benzene rings is 5. The van der Waals surface area contributed by atoms with E-state index in [1.54, 1.807) is 36.4 Å². The van der Waals surface area contributed by atoms with Crippen LogP contribution in [0.3, 0.4) is 0 Å². The molecule has 0 radical (unpaired) electrons. The van der Waals surface area contributed by atoms with Crippen LogP contribution >= 0.6 is 0 Å². The van der Waals surface area contributed by atoms with Crippen LogP contribution in [-0.2, 0) is 13.2 Å². The minimum atomic E-state index is -0.0639. The number of carbonyl (C=O) groups excluding carboxylic acids is 2. The van der Waals surface area contributed by atoms with Gasteiger partial charge in [0.25, 0.3) is 0 Å². The summed E-state index contributed by atoms with van der Waals surface area (Å²) < 4.78 is 12.0. The van der Waals surface area contributed by atoms with Gasteiger partial charge in [0.1, 0.15) is 24.7 Å². The summed E-state index contributed by atoms with van der Waals surface area (Å²) in [7, 11) is 7.98. The Balaban J connectivity index is 1.08.